The summed E-state index contributed by atoms with van der Waals surface area (Å²) < 4.78 is 5.64. The molecule has 25 heavy (non-hydrogen) atoms. The van der Waals surface area contributed by atoms with Gasteiger partial charge >= 0.3 is 0 Å². The third kappa shape index (κ3) is 6.55. The third-order valence-electron chi connectivity index (χ3n) is 3.67. The van der Waals surface area contributed by atoms with Crippen molar-refractivity contribution in [2.45, 2.75) is 33.6 Å². The van der Waals surface area contributed by atoms with Crippen LogP contribution >= 0.6 is 12.2 Å². The molecule has 0 amide bonds. The number of hydrogen-bond donors (Lipinski definition) is 2. The molecule has 2 aromatic carbocycles. The molecule has 132 valence electrons. The largest absolute Gasteiger partial charge is 0.494 e. The summed E-state index contributed by atoms with van der Waals surface area (Å²) in [7, 11) is 0. The van der Waals surface area contributed by atoms with Crippen LogP contribution in [0, 0.1) is 13.8 Å². The molecule has 2 N–H and O–H groups in total. The van der Waals surface area contributed by atoms with Gasteiger partial charge < -0.3 is 10.1 Å². The topological polar surface area (TPSA) is 45.6 Å². The Kier molecular flexibility index (Phi) is 7.41. The van der Waals surface area contributed by atoms with Crippen molar-refractivity contribution in [3.63, 3.8) is 0 Å². The fraction of sp³-hybridized carbons (Fsp3) is 0.300. The van der Waals surface area contributed by atoms with Crippen LogP contribution in [-0.4, -0.2) is 17.9 Å². The number of anilines is 1. The van der Waals surface area contributed by atoms with Gasteiger partial charge in [0.15, 0.2) is 5.11 Å². The van der Waals surface area contributed by atoms with Crippen molar-refractivity contribution >= 4 is 29.2 Å². The van der Waals surface area contributed by atoms with Gasteiger partial charge in [-0.05, 0) is 79.5 Å². The molecule has 0 aromatic heterocycles. The molecule has 2 aromatic rings. The quantitative estimate of drug-likeness (QED) is 0.324. The molecule has 0 spiro atoms. The molecule has 0 atom stereocenters. The lowest BCUT2D eigenvalue weighted by Crippen LogP contribution is -2.24. The number of nitrogens with one attached hydrogen (secondary N) is 2. The monoisotopic (exact) mass is 355 g/mol. The zero-order chi connectivity index (χ0) is 18.1. The Morgan fingerprint density at radius 1 is 1.16 bits per heavy atom. The Bertz CT molecular complexity index is 726. The first-order valence-corrected chi connectivity index (χ1v) is 8.89. The van der Waals surface area contributed by atoms with Crippen molar-refractivity contribution in [1.29, 1.82) is 0 Å². The lowest BCUT2D eigenvalue weighted by molar-refractivity contribution is 0.309. The van der Waals surface area contributed by atoms with Crippen molar-refractivity contribution in [1.82, 2.24) is 5.43 Å². The second-order valence-electron chi connectivity index (χ2n) is 5.91. The lowest BCUT2D eigenvalue weighted by Gasteiger charge is -2.10. The Balaban J connectivity index is 1.83. The molecule has 0 saturated carbocycles. The van der Waals surface area contributed by atoms with Gasteiger partial charge in [0.1, 0.15) is 5.75 Å². The molecule has 0 fully saturated rings. The minimum Gasteiger partial charge on any atom is -0.494 e. The minimum absolute atomic E-state index is 0.462. The van der Waals surface area contributed by atoms with E-state index >= 15 is 0 Å². The van der Waals surface area contributed by atoms with Crippen molar-refractivity contribution in [2.75, 3.05) is 11.9 Å². The number of hydrazone groups is 1. The van der Waals surface area contributed by atoms with Crippen LogP contribution < -0.4 is 15.5 Å². The van der Waals surface area contributed by atoms with Crippen LogP contribution in [0.2, 0.25) is 0 Å². The maximum absolute atomic E-state index is 5.64. The van der Waals surface area contributed by atoms with E-state index in [1.807, 2.05) is 31.2 Å². The highest BCUT2D eigenvalue weighted by molar-refractivity contribution is 7.80. The van der Waals surface area contributed by atoms with E-state index in [0.29, 0.717) is 5.11 Å². The van der Waals surface area contributed by atoms with Crippen LogP contribution in [0.15, 0.2) is 47.6 Å². The third-order valence-corrected chi connectivity index (χ3v) is 3.86. The minimum atomic E-state index is 0.462. The van der Waals surface area contributed by atoms with Gasteiger partial charge in [0.25, 0.3) is 0 Å². The van der Waals surface area contributed by atoms with E-state index in [-0.39, 0.29) is 0 Å². The molecule has 0 unspecified atom stereocenters. The summed E-state index contributed by atoms with van der Waals surface area (Å²) in [6.45, 7) is 6.99. The fourth-order valence-corrected chi connectivity index (χ4v) is 2.33. The van der Waals surface area contributed by atoms with Crippen LogP contribution in [-0.2, 0) is 0 Å². The van der Waals surface area contributed by atoms with Crippen LogP contribution in [0.25, 0.3) is 0 Å². The van der Waals surface area contributed by atoms with Crippen LogP contribution in [0.3, 0.4) is 0 Å². The summed E-state index contributed by atoms with van der Waals surface area (Å²) in [4.78, 5) is 0. The van der Waals surface area contributed by atoms with Gasteiger partial charge in [-0.2, -0.15) is 5.10 Å². The van der Waals surface area contributed by atoms with Crippen molar-refractivity contribution < 1.29 is 4.74 Å². The zero-order valence-corrected chi connectivity index (χ0v) is 15.8. The van der Waals surface area contributed by atoms with Gasteiger partial charge in [0, 0.05) is 5.69 Å². The average Bonchev–Trinajstić information content (AvgIpc) is 2.60. The molecular weight excluding hydrogens is 330 g/mol. The highest BCUT2D eigenvalue weighted by Crippen LogP contribution is 2.16. The zero-order valence-electron chi connectivity index (χ0n) is 15.0. The maximum Gasteiger partial charge on any atom is 0.191 e. The molecule has 0 aliphatic carbocycles. The fourth-order valence-electron chi connectivity index (χ4n) is 2.17. The van der Waals surface area contributed by atoms with E-state index in [2.05, 4.69) is 47.9 Å². The predicted octanol–water partition coefficient (Wildman–Crippen LogP) is 4.80. The SMILES string of the molecule is CCCCOc1ccc(C=NNC(=S)Nc2cc(C)ccc2C)cc1. The number of ether oxygens (including phenoxy) is 1. The Labute approximate surface area is 155 Å². The van der Waals surface area contributed by atoms with E-state index in [9.17, 15) is 0 Å². The lowest BCUT2D eigenvalue weighted by atomic mass is 10.1. The molecule has 0 saturated heterocycles. The Hall–Kier alpha value is -2.40. The normalized spacial score (nSPS) is 10.7. The van der Waals surface area contributed by atoms with Crippen molar-refractivity contribution in [2.24, 2.45) is 5.10 Å². The van der Waals surface area contributed by atoms with Crippen LogP contribution in [0.5, 0.6) is 5.75 Å². The standard InChI is InChI=1S/C20H25N3OS/c1-4-5-12-24-18-10-8-17(9-11-18)14-21-23-20(25)22-19-13-15(2)6-7-16(19)3/h6-11,13-14H,4-5,12H2,1-3H3,(H2,22,23,25). The van der Waals surface area contributed by atoms with E-state index < -0.39 is 0 Å². The van der Waals surface area contributed by atoms with Gasteiger partial charge in [0.05, 0.1) is 12.8 Å². The van der Waals surface area contributed by atoms with E-state index in [1.165, 1.54) is 5.56 Å². The average molecular weight is 356 g/mol. The number of rotatable bonds is 7. The molecule has 5 heteroatoms. The smallest absolute Gasteiger partial charge is 0.191 e. The van der Waals surface area contributed by atoms with E-state index in [1.54, 1.807) is 6.21 Å². The summed E-state index contributed by atoms with van der Waals surface area (Å²) in [5.74, 6) is 0.880. The molecule has 0 heterocycles. The number of nitrogens with zero attached hydrogens (tertiary/aromatic N) is 1. The second-order valence-corrected chi connectivity index (χ2v) is 6.32. The molecule has 0 aliphatic rings. The first-order chi connectivity index (χ1) is 12.1. The Morgan fingerprint density at radius 3 is 2.64 bits per heavy atom. The second kappa shape index (κ2) is 9.79. The highest BCUT2D eigenvalue weighted by Gasteiger charge is 2.00. The van der Waals surface area contributed by atoms with Gasteiger partial charge in [-0.3, -0.25) is 5.43 Å². The first kappa shape index (κ1) is 18.9. The summed E-state index contributed by atoms with van der Waals surface area (Å²) in [6, 6.07) is 14.0. The highest BCUT2D eigenvalue weighted by atomic mass is 32.1. The maximum atomic E-state index is 5.64. The van der Waals surface area contributed by atoms with E-state index in [0.717, 1.165) is 42.0 Å². The molecular formula is C20H25N3OS. The molecule has 4 nitrogen and oxygen atoms in total. The van der Waals surface area contributed by atoms with Gasteiger partial charge in [-0.25, -0.2) is 0 Å². The van der Waals surface area contributed by atoms with Crippen LogP contribution in [0.4, 0.5) is 5.69 Å². The van der Waals surface area contributed by atoms with Gasteiger partial charge in [-0.1, -0.05) is 25.5 Å². The van der Waals surface area contributed by atoms with E-state index in [4.69, 9.17) is 17.0 Å². The van der Waals surface area contributed by atoms with Crippen molar-refractivity contribution in [3.8, 4) is 5.75 Å². The molecule has 0 radical (unpaired) electrons. The molecule has 2 rings (SSSR count). The molecule has 0 aliphatic heterocycles. The number of thiocarbonyl (C=S) groups is 1. The van der Waals surface area contributed by atoms with Crippen molar-refractivity contribution in [3.05, 3.63) is 59.2 Å². The summed E-state index contributed by atoms with van der Waals surface area (Å²) in [6.07, 6.45) is 3.93. The first-order valence-electron chi connectivity index (χ1n) is 8.48. The summed E-state index contributed by atoms with van der Waals surface area (Å²) >= 11 is 5.28. The van der Waals surface area contributed by atoms with Gasteiger partial charge in [0.2, 0.25) is 0 Å². The van der Waals surface area contributed by atoms with Gasteiger partial charge in [-0.15, -0.1) is 0 Å². The summed E-state index contributed by atoms with van der Waals surface area (Å²) in [5, 5.41) is 7.80. The molecule has 0 bridgehead atoms. The number of unbranched alkanes of at least 4 members (excludes halogenated alkanes) is 1. The number of aryl methyl sites for hydroxylation is 2. The Morgan fingerprint density at radius 2 is 1.92 bits per heavy atom. The van der Waals surface area contributed by atoms with Crippen LogP contribution in [0.1, 0.15) is 36.5 Å². The predicted molar refractivity (Wildman–Crippen MR) is 110 cm³/mol. The number of benzene rings is 2. The summed E-state index contributed by atoms with van der Waals surface area (Å²) in [5.41, 5.74) is 7.12. The number of hydrogen-bond acceptors (Lipinski definition) is 3.